The molecule has 2 heterocycles. The minimum Gasteiger partial charge on any atom is -0.241 e. The Bertz CT molecular complexity index is 1060. The van der Waals surface area contributed by atoms with E-state index in [1.165, 1.54) is 23.9 Å². The fourth-order valence-electron chi connectivity index (χ4n) is 2.70. The second kappa shape index (κ2) is 8.08. The lowest BCUT2D eigenvalue weighted by Gasteiger charge is -2.07. The van der Waals surface area contributed by atoms with Crippen LogP contribution in [-0.2, 0) is 11.9 Å². The molecule has 146 valence electrons. The van der Waals surface area contributed by atoms with Gasteiger partial charge in [-0.3, -0.25) is 0 Å². The van der Waals surface area contributed by atoms with Crippen molar-refractivity contribution in [3.8, 4) is 16.9 Å². The van der Waals surface area contributed by atoms with Crippen molar-refractivity contribution in [2.75, 3.05) is 0 Å². The van der Waals surface area contributed by atoms with E-state index in [0.29, 0.717) is 10.8 Å². The van der Waals surface area contributed by atoms with Gasteiger partial charge in [-0.1, -0.05) is 36.0 Å². The van der Waals surface area contributed by atoms with Crippen molar-refractivity contribution in [2.45, 2.75) is 17.0 Å². The molecule has 0 bridgehead atoms. The van der Waals surface area contributed by atoms with Gasteiger partial charge in [-0.25, -0.2) is 4.68 Å². The summed E-state index contributed by atoms with van der Waals surface area (Å²) in [6, 6.07) is 18.6. The fourth-order valence-corrected chi connectivity index (χ4v) is 3.47. The minimum atomic E-state index is -4.32. The van der Waals surface area contributed by atoms with Crippen molar-refractivity contribution in [1.29, 1.82) is 0 Å². The van der Waals surface area contributed by atoms with Gasteiger partial charge in [0.15, 0.2) is 0 Å². The average molecular weight is 412 g/mol. The number of hydrogen-bond donors (Lipinski definition) is 0. The summed E-state index contributed by atoms with van der Waals surface area (Å²) in [7, 11) is 0. The standard InChI is InChI=1S/C21H15F3N4S/c22-21(23,24)17-6-2-15(3-7-17)14-29-20-11-10-19(26-27-20)16-4-8-18(9-5-16)28-13-1-12-25-28/h1-13H,14H2. The van der Waals surface area contributed by atoms with E-state index in [9.17, 15) is 13.2 Å². The Labute approximate surface area is 169 Å². The van der Waals surface area contributed by atoms with Gasteiger partial charge in [0, 0.05) is 23.7 Å². The lowest BCUT2D eigenvalue weighted by atomic mass is 10.1. The first-order valence-electron chi connectivity index (χ1n) is 8.72. The third kappa shape index (κ3) is 4.65. The maximum atomic E-state index is 12.6. The molecule has 2 aromatic carbocycles. The van der Waals surface area contributed by atoms with E-state index >= 15 is 0 Å². The molecule has 2 aromatic heterocycles. The van der Waals surface area contributed by atoms with Gasteiger partial charge in [-0.05, 0) is 48.0 Å². The molecule has 0 saturated carbocycles. The summed E-state index contributed by atoms with van der Waals surface area (Å²) in [6.45, 7) is 0. The van der Waals surface area contributed by atoms with Crippen molar-refractivity contribution in [2.24, 2.45) is 0 Å². The Morgan fingerprint density at radius 1 is 0.862 bits per heavy atom. The molecule has 4 aromatic rings. The van der Waals surface area contributed by atoms with Crippen LogP contribution in [0.15, 0.2) is 84.1 Å². The number of halogens is 3. The highest BCUT2D eigenvalue weighted by Gasteiger charge is 2.29. The van der Waals surface area contributed by atoms with Crippen molar-refractivity contribution < 1.29 is 13.2 Å². The highest BCUT2D eigenvalue weighted by Crippen LogP contribution is 2.30. The molecule has 4 nitrogen and oxygen atoms in total. The molecule has 8 heteroatoms. The fraction of sp³-hybridized carbons (Fsp3) is 0.0952. The summed E-state index contributed by atoms with van der Waals surface area (Å²) in [5.74, 6) is 0.519. The van der Waals surface area contributed by atoms with Crippen molar-refractivity contribution in [1.82, 2.24) is 20.0 Å². The maximum Gasteiger partial charge on any atom is 0.416 e. The van der Waals surface area contributed by atoms with E-state index in [0.717, 1.165) is 34.6 Å². The Balaban J connectivity index is 1.39. The van der Waals surface area contributed by atoms with Crippen molar-refractivity contribution in [3.05, 3.63) is 90.3 Å². The average Bonchev–Trinajstić information content (AvgIpc) is 3.27. The molecular weight excluding hydrogens is 397 g/mol. The monoisotopic (exact) mass is 412 g/mol. The van der Waals surface area contributed by atoms with E-state index in [4.69, 9.17) is 0 Å². The number of nitrogens with zero attached hydrogens (tertiary/aromatic N) is 4. The summed E-state index contributed by atoms with van der Waals surface area (Å²) in [5.41, 5.74) is 2.79. The summed E-state index contributed by atoms with van der Waals surface area (Å²) < 4.78 is 39.6. The molecule has 0 saturated heterocycles. The van der Waals surface area contributed by atoms with Crippen LogP contribution in [0.1, 0.15) is 11.1 Å². The molecule has 0 spiro atoms. The van der Waals surface area contributed by atoms with Crippen LogP contribution in [0.4, 0.5) is 13.2 Å². The van der Waals surface area contributed by atoms with E-state index in [2.05, 4.69) is 15.3 Å². The highest BCUT2D eigenvalue weighted by molar-refractivity contribution is 7.98. The van der Waals surface area contributed by atoms with Gasteiger partial charge >= 0.3 is 6.18 Å². The zero-order valence-electron chi connectivity index (χ0n) is 15.0. The van der Waals surface area contributed by atoms with Gasteiger partial charge < -0.3 is 0 Å². The molecule has 0 atom stereocenters. The van der Waals surface area contributed by atoms with Gasteiger partial charge in [0.25, 0.3) is 0 Å². The zero-order chi connectivity index (χ0) is 20.3. The molecule has 29 heavy (non-hydrogen) atoms. The van der Waals surface area contributed by atoms with Crippen molar-refractivity contribution >= 4 is 11.8 Å². The van der Waals surface area contributed by atoms with Gasteiger partial charge in [0.1, 0.15) is 5.03 Å². The van der Waals surface area contributed by atoms with Crippen LogP contribution in [-0.4, -0.2) is 20.0 Å². The van der Waals surface area contributed by atoms with Gasteiger partial charge in [0.2, 0.25) is 0 Å². The highest BCUT2D eigenvalue weighted by atomic mass is 32.2. The molecule has 4 rings (SSSR count). The third-order valence-electron chi connectivity index (χ3n) is 4.24. The van der Waals surface area contributed by atoms with Crippen LogP contribution in [0.2, 0.25) is 0 Å². The van der Waals surface area contributed by atoms with Crippen LogP contribution in [0.5, 0.6) is 0 Å². The second-order valence-electron chi connectivity index (χ2n) is 6.24. The van der Waals surface area contributed by atoms with Crippen LogP contribution >= 0.6 is 11.8 Å². The van der Waals surface area contributed by atoms with Crippen LogP contribution in [0.25, 0.3) is 16.9 Å². The number of thioether (sulfide) groups is 1. The van der Waals surface area contributed by atoms with Gasteiger partial charge in [-0.15, -0.1) is 10.2 Å². The first-order chi connectivity index (χ1) is 14.0. The van der Waals surface area contributed by atoms with E-state index in [1.54, 1.807) is 10.9 Å². The minimum absolute atomic E-state index is 0.519. The predicted molar refractivity (Wildman–Crippen MR) is 106 cm³/mol. The topological polar surface area (TPSA) is 43.6 Å². The summed E-state index contributed by atoms with van der Waals surface area (Å²) in [5, 5.41) is 13.4. The summed E-state index contributed by atoms with van der Waals surface area (Å²) >= 11 is 1.43. The predicted octanol–water partition coefficient (Wildman–Crippen LogP) is 5.64. The smallest absolute Gasteiger partial charge is 0.241 e. The molecular formula is C21H15F3N4S. The number of hydrogen-bond acceptors (Lipinski definition) is 4. The number of benzene rings is 2. The molecule has 0 unspecified atom stereocenters. The van der Waals surface area contributed by atoms with E-state index in [-0.39, 0.29) is 0 Å². The Morgan fingerprint density at radius 3 is 2.21 bits per heavy atom. The molecule has 0 N–H and O–H groups in total. The van der Waals surface area contributed by atoms with E-state index in [1.807, 2.05) is 48.7 Å². The lowest BCUT2D eigenvalue weighted by Crippen LogP contribution is -2.04. The number of rotatable bonds is 5. The molecule has 0 amide bonds. The third-order valence-corrected chi connectivity index (χ3v) is 5.23. The first kappa shape index (κ1) is 19.2. The molecule has 0 radical (unpaired) electrons. The molecule has 0 aliphatic carbocycles. The van der Waals surface area contributed by atoms with Crippen LogP contribution < -0.4 is 0 Å². The summed E-state index contributed by atoms with van der Waals surface area (Å²) in [6.07, 6.45) is -0.721. The normalized spacial score (nSPS) is 11.6. The Kier molecular flexibility index (Phi) is 5.35. The Morgan fingerprint density at radius 2 is 1.62 bits per heavy atom. The maximum absolute atomic E-state index is 12.6. The van der Waals surface area contributed by atoms with Crippen molar-refractivity contribution in [3.63, 3.8) is 0 Å². The Hall–Kier alpha value is -3.13. The van der Waals surface area contributed by atoms with Gasteiger partial charge in [0.05, 0.1) is 16.9 Å². The lowest BCUT2D eigenvalue weighted by molar-refractivity contribution is -0.137. The van der Waals surface area contributed by atoms with E-state index < -0.39 is 11.7 Å². The SMILES string of the molecule is FC(F)(F)c1ccc(CSc2ccc(-c3ccc(-n4cccn4)cc3)nn2)cc1. The second-order valence-corrected chi connectivity index (χ2v) is 7.23. The largest absolute Gasteiger partial charge is 0.416 e. The van der Waals surface area contributed by atoms with Gasteiger partial charge in [-0.2, -0.15) is 18.3 Å². The van der Waals surface area contributed by atoms with Crippen LogP contribution in [0, 0.1) is 0 Å². The summed E-state index contributed by atoms with van der Waals surface area (Å²) in [4.78, 5) is 0. The first-order valence-corrected chi connectivity index (χ1v) is 9.71. The number of aromatic nitrogens is 4. The zero-order valence-corrected chi connectivity index (χ0v) is 15.9. The number of alkyl halides is 3. The quantitative estimate of drug-likeness (QED) is 0.398. The van der Waals surface area contributed by atoms with Crippen LogP contribution in [0.3, 0.4) is 0 Å². The molecule has 0 aliphatic rings. The molecule has 0 fully saturated rings. The molecule has 0 aliphatic heterocycles.